The van der Waals surface area contributed by atoms with Gasteiger partial charge in [-0.3, -0.25) is 4.79 Å². The van der Waals surface area contributed by atoms with Gasteiger partial charge in [-0.15, -0.1) is 0 Å². The summed E-state index contributed by atoms with van der Waals surface area (Å²) in [6.07, 6.45) is 2.36. The maximum Gasteiger partial charge on any atom is 0.328 e. The lowest BCUT2D eigenvalue weighted by atomic mass is 10.00. The summed E-state index contributed by atoms with van der Waals surface area (Å²) in [5.41, 5.74) is 0. The molecule has 1 saturated heterocycles. The summed E-state index contributed by atoms with van der Waals surface area (Å²) < 4.78 is 4.53. The van der Waals surface area contributed by atoms with Crippen LogP contribution < -0.4 is 5.32 Å². The van der Waals surface area contributed by atoms with E-state index in [9.17, 15) is 14.4 Å². The first-order chi connectivity index (χ1) is 8.95. The van der Waals surface area contributed by atoms with Gasteiger partial charge in [0.1, 0.15) is 6.04 Å². The largest absolute Gasteiger partial charge is 0.481 e. The third-order valence-corrected chi connectivity index (χ3v) is 3.19. The maximum atomic E-state index is 12.0. The number of amides is 2. The van der Waals surface area contributed by atoms with E-state index in [0.717, 1.165) is 12.8 Å². The molecule has 0 aromatic rings. The Kier molecular flexibility index (Phi) is 5.59. The minimum absolute atomic E-state index is 0.0694. The number of nitrogens with zero attached hydrogens (tertiary/aromatic N) is 1. The average molecular weight is 272 g/mol. The number of hydrogen-bond acceptors (Lipinski definition) is 4. The van der Waals surface area contributed by atoms with Crippen molar-refractivity contribution in [2.24, 2.45) is 0 Å². The van der Waals surface area contributed by atoms with Crippen LogP contribution in [0.1, 0.15) is 32.6 Å². The zero-order valence-electron chi connectivity index (χ0n) is 11.2. The number of urea groups is 1. The van der Waals surface area contributed by atoms with E-state index in [4.69, 9.17) is 5.11 Å². The van der Waals surface area contributed by atoms with Gasteiger partial charge in [-0.1, -0.05) is 0 Å². The monoisotopic (exact) mass is 272 g/mol. The molecule has 1 heterocycles. The Morgan fingerprint density at radius 1 is 1.42 bits per heavy atom. The van der Waals surface area contributed by atoms with Crippen LogP contribution in [0.5, 0.6) is 0 Å². The van der Waals surface area contributed by atoms with Gasteiger partial charge in [-0.25, -0.2) is 9.59 Å². The molecule has 7 nitrogen and oxygen atoms in total. The first-order valence-corrected chi connectivity index (χ1v) is 6.32. The fourth-order valence-electron chi connectivity index (χ4n) is 2.19. The van der Waals surface area contributed by atoms with E-state index in [2.05, 4.69) is 10.1 Å². The van der Waals surface area contributed by atoms with Gasteiger partial charge < -0.3 is 20.1 Å². The lowest BCUT2D eigenvalue weighted by molar-refractivity contribution is -0.142. The molecule has 7 heteroatoms. The number of likely N-dealkylation sites (tertiary alicyclic amines) is 1. The number of rotatable bonds is 4. The van der Waals surface area contributed by atoms with Crippen LogP contribution in [0.2, 0.25) is 0 Å². The number of piperidine rings is 1. The Morgan fingerprint density at radius 2 is 2.11 bits per heavy atom. The van der Waals surface area contributed by atoms with E-state index in [0.29, 0.717) is 13.0 Å². The number of nitrogens with one attached hydrogen (secondary N) is 1. The van der Waals surface area contributed by atoms with Gasteiger partial charge in [0.2, 0.25) is 0 Å². The number of hydrogen-bond donors (Lipinski definition) is 2. The molecule has 0 aromatic heterocycles. The second-order valence-corrected chi connectivity index (χ2v) is 4.64. The highest BCUT2D eigenvalue weighted by Gasteiger charge is 2.30. The van der Waals surface area contributed by atoms with Crippen LogP contribution in [0.3, 0.4) is 0 Å². The molecule has 0 aromatic carbocycles. The second kappa shape index (κ2) is 6.96. The fraction of sp³-hybridized carbons (Fsp3) is 0.750. The topological polar surface area (TPSA) is 95.9 Å². The van der Waals surface area contributed by atoms with Gasteiger partial charge in [-0.05, 0) is 26.2 Å². The maximum absolute atomic E-state index is 12.0. The molecule has 0 bridgehead atoms. The van der Waals surface area contributed by atoms with Crippen LogP contribution >= 0.6 is 0 Å². The number of carbonyl (C=O) groups is 3. The molecule has 2 amide bonds. The highest BCUT2D eigenvalue weighted by Crippen LogP contribution is 2.19. The predicted octanol–water partition coefficient (Wildman–Crippen LogP) is 0.587. The minimum atomic E-state index is -0.925. The lowest BCUT2D eigenvalue weighted by Gasteiger charge is -2.35. The Hall–Kier alpha value is -1.79. The summed E-state index contributed by atoms with van der Waals surface area (Å²) in [7, 11) is 1.25. The number of ether oxygens (including phenoxy) is 1. The number of carboxylic acid groups (broad SMARTS) is 1. The summed E-state index contributed by atoms with van der Waals surface area (Å²) in [6.45, 7) is 2.04. The van der Waals surface area contributed by atoms with Crippen LogP contribution in [-0.2, 0) is 14.3 Å². The molecular weight excluding hydrogens is 252 g/mol. The van der Waals surface area contributed by atoms with E-state index in [-0.39, 0.29) is 12.5 Å². The Balaban J connectivity index is 2.61. The second-order valence-electron chi connectivity index (χ2n) is 4.64. The predicted molar refractivity (Wildman–Crippen MR) is 66.6 cm³/mol. The Bertz CT molecular complexity index is 358. The summed E-state index contributed by atoms with van der Waals surface area (Å²) >= 11 is 0. The first kappa shape index (κ1) is 15.3. The lowest BCUT2D eigenvalue weighted by Crippen LogP contribution is -2.52. The Morgan fingerprint density at radius 3 is 2.68 bits per heavy atom. The van der Waals surface area contributed by atoms with Gasteiger partial charge in [0.25, 0.3) is 0 Å². The van der Waals surface area contributed by atoms with Crippen molar-refractivity contribution in [3.8, 4) is 0 Å². The first-order valence-electron chi connectivity index (χ1n) is 6.32. The number of esters is 1. The van der Waals surface area contributed by atoms with Gasteiger partial charge in [0.15, 0.2) is 0 Å². The molecule has 2 N–H and O–H groups in total. The van der Waals surface area contributed by atoms with Crippen molar-refractivity contribution in [2.45, 2.75) is 44.7 Å². The third kappa shape index (κ3) is 4.42. The van der Waals surface area contributed by atoms with Crippen molar-refractivity contribution in [2.75, 3.05) is 13.7 Å². The number of methoxy groups -OCH3 is 1. The SMILES string of the molecule is COC(=O)C(C)NC(=O)N1CCCCC1CC(=O)O. The average Bonchev–Trinajstić information content (AvgIpc) is 2.37. The molecule has 19 heavy (non-hydrogen) atoms. The molecule has 1 rings (SSSR count). The zero-order valence-corrected chi connectivity index (χ0v) is 11.2. The van der Waals surface area contributed by atoms with Crippen molar-refractivity contribution in [3.63, 3.8) is 0 Å². The van der Waals surface area contributed by atoms with E-state index >= 15 is 0 Å². The van der Waals surface area contributed by atoms with Crippen molar-refractivity contribution in [1.29, 1.82) is 0 Å². The molecule has 2 unspecified atom stereocenters. The molecule has 2 atom stereocenters. The molecule has 1 fully saturated rings. The smallest absolute Gasteiger partial charge is 0.328 e. The van der Waals surface area contributed by atoms with Crippen molar-refractivity contribution < 1.29 is 24.2 Å². The molecule has 1 aliphatic heterocycles. The number of aliphatic carboxylic acids is 1. The van der Waals surface area contributed by atoms with Crippen LogP contribution in [0.4, 0.5) is 4.79 Å². The van der Waals surface area contributed by atoms with Gasteiger partial charge in [0.05, 0.1) is 13.5 Å². The van der Waals surface area contributed by atoms with Crippen LogP contribution in [-0.4, -0.2) is 53.7 Å². The number of carbonyl (C=O) groups excluding carboxylic acids is 2. The Labute approximate surface area is 111 Å². The highest BCUT2D eigenvalue weighted by molar-refractivity contribution is 5.83. The molecule has 108 valence electrons. The van der Waals surface area contributed by atoms with Gasteiger partial charge in [-0.2, -0.15) is 0 Å². The van der Waals surface area contributed by atoms with Crippen molar-refractivity contribution in [1.82, 2.24) is 10.2 Å². The molecule has 0 saturated carbocycles. The van der Waals surface area contributed by atoms with E-state index in [1.54, 1.807) is 0 Å². The summed E-state index contributed by atoms with van der Waals surface area (Å²) in [6, 6.07) is -1.47. The van der Waals surface area contributed by atoms with Crippen LogP contribution in [0.25, 0.3) is 0 Å². The van der Waals surface area contributed by atoms with Crippen LogP contribution in [0.15, 0.2) is 0 Å². The minimum Gasteiger partial charge on any atom is -0.481 e. The summed E-state index contributed by atoms with van der Waals surface area (Å²) in [4.78, 5) is 35.6. The van der Waals surface area contributed by atoms with Crippen molar-refractivity contribution >= 4 is 18.0 Å². The van der Waals surface area contributed by atoms with Crippen LogP contribution in [0, 0.1) is 0 Å². The van der Waals surface area contributed by atoms with E-state index < -0.39 is 24.0 Å². The standard InChI is InChI=1S/C12H20N2O5/c1-8(11(17)19-2)13-12(18)14-6-4-3-5-9(14)7-10(15)16/h8-9H,3-7H2,1-2H3,(H,13,18)(H,15,16). The third-order valence-electron chi connectivity index (χ3n) is 3.19. The van der Waals surface area contributed by atoms with Gasteiger partial charge in [0, 0.05) is 12.6 Å². The fourth-order valence-corrected chi connectivity index (χ4v) is 2.19. The molecular formula is C12H20N2O5. The summed E-state index contributed by atoms with van der Waals surface area (Å²) in [5.74, 6) is -1.45. The normalized spacial score (nSPS) is 20.5. The molecule has 0 radical (unpaired) electrons. The van der Waals surface area contributed by atoms with E-state index in [1.165, 1.54) is 18.9 Å². The summed E-state index contributed by atoms with van der Waals surface area (Å²) in [5, 5.41) is 11.4. The molecule has 1 aliphatic rings. The molecule has 0 aliphatic carbocycles. The zero-order chi connectivity index (χ0) is 14.4. The van der Waals surface area contributed by atoms with Crippen molar-refractivity contribution in [3.05, 3.63) is 0 Å². The quantitative estimate of drug-likeness (QED) is 0.730. The van der Waals surface area contributed by atoms with E-state index in [1.807, 2.05) is 0 Å². The highest BCUT2D eigenvalue weighted by atomic mass is 16.5. The molecule has 0 spiro atoms. The van der Waals surface area contributed by atoms with Gasteiger partial charge >= 0.3 is 18.0 Å². The number of carboxylic acids is 1.